The maximum atomic E-state index is 12.8. The van der Waals surface area contributed by atoms with Crippen LogP contribution in [0, 0.1) is 6.92 Å². The molecule has 140 valence electrons. The first-order valence-electron chi connectivity index (χ1n) is 8.97. The van der Waals surface area contributed by atoms with Crippen LogP contribution in [-0.4, -0.2) is 27.5 Å². The van der Waals surface area contributed by atoms with Crippen LogP contribution in [0.2, 0.25) is 0 Å². The number of carbonyl (C=O) groups excluding carboxylic acids is 1. The number of aryl methyl sites for hydroxylation is 1. The maximum absolute atomic E-state index is 12.8. The van der Waals surface area contributed by atoms with E-state index in [2.05, 4.69) is 33.0 Å². The van der Waals surface area contributed by atoms with E-state index in [1.807, 2.05) is 53.4 Å². The van der Waals surface area contributed by atoms with Gasteiger partial charge in [0.05, 0.1) is 6.42 Å². The van der Waals surface area contributed by atoms with Gasteiger partial charge < -0.3 is 9.42 Å². The van der Waals surface area contributed by atoms with Gasteiger partial charge in [0.15, 0.2) is 0 Å². The highest BCUT2D eigenvalue weighted by molar-refractivity contribution is 9.10. The van der Waals surface area contributed by atoms with E-state index < -0.39 is 0 Å². The Morgan fingerprint density at radius 2 is 1.93 bits per heavy atom. The van der Waals surface area contributed by atoms with E-state index in [0.717, 1.165) is 34.1 Å². The molecule has 0 radical (unpaired) electrons. The van der Waals surface area contributed by atoms with Gasteiger partial charge in [0.2, 0.25) is 17.6 Å². The van der Waals surface area contributed by atoms with Crippen LogP contribution in [0.4, 0.5) is 0 Å². The Balaban J connectivity index is 1.73. The van der Waals surface area contributed by atoms with Crippen molar-refractivity contribution in [2.24, 2.45) is 0 Å². The lowest BCUT2D eigenvalue weighted by molar-refractivity contribution is -0.131. The zero-order valence-electron chi connectivity index (χ0n) is 15.5. The summed E-state index contributed by atoms with van der Waals surface area (Å²) in [7, 11) is 0. The molecule has 3 rings (SSSR count). The van der Waals surface area contributed by atoms with Crippen LogP contribution in [0.1, 0.15) is 30.4 Å². The number of hydrogen-bond acceptors (Lipinski definition) is 4. The number of aromatic nitrogens is 2. The fraction of sp³-hybridized carbons (Fsp3) is 0.286. The van der Waals surface area contributed by atoms with Gasteiger partial charge in [0.1, 0.15) is 0 Å². The van der Waals surface area contributed by atoms with Crippen molar-refractivity contribution in [3.05, 3.63) is 70.0 Å². The standard InChI is InChI=1S/C21H22BrN3O2/c1-3-11-25(20(26)13-16-7-9-19(22)10-8-16)14-17-5-4-6-18(12-17)21-23-15(2)27-24-21/h4-10,12H,3,11,13-14H2,1-2H3. The number of hydrogen-bond donors (Lipinski definition) is 0. The van der Waals surface area contributed by atoms with Gasteiger partial charge in [-0.05, 0) is 35.7 Å². The predicted octanol–water partition coefficient (Wildman–Crippen LogP) is 4.79. The Bertz CT molecular complexity index is 906. The fourth-order valence-electron chi connectivity index (χ4n) is 2.90. The SMILES string of the molecule is CCCN(Cc1cccc(-c2noc(C)n2)c1)C(=O)Cc1ccc(Br)cc1. The third-order valence-corrected chi connectivity index (χ3v) is 4.73. The first-order chi connectivity index (χ1) is 13.0. The smallest absolute Gasteiger partial charge is 0.227 e. The molecule has 5 nitrogen and oxygen atoms in total. The van der Waals surface area contributed by atoms with Gasteiger partial charge in [-0.25, -0.2) is 0 Å². The molecule has 0 spiro atoms. The molecule has 0 atom stereocenters. The molecular formula is C21H22BrN3O2. The summed E-state index contributed by atoms with van der Waals surface area (Å²) in [5, 5.41) is 3.97. The van der Waals surface area contributed by atoms with Crippen LogP contribution in [-0.2, 0) is 17.8 Å². The molecule has 2 aromatic carbocycles. The van der Waals surface area contributed by atoms with Crippen LogP contribution < -0.4 is 0 Å². The van der Waals surface area contributed by atoms with E-state index in [9.17, 15) is 4.79 Å². The van der Waals surface area contributed by atoms with Crippen molar-refractivity contribution in [1.29, 1.82) is 0 Å². The second-order valence-corrected chi connectivity index (χ2v) is 7.37. The minimum Gasteiger partial charge on any atom is -0.339 e. The van der Waals surface area contributed by atoms with Crippen LogP contribution in [0.3, 0.4) is 0 Å². The lowest BCUT2D eigenvalue weighted by Crippen LogP contribution is -2.32. The summed E-state index contributed by atoms with van der Waals surface area (Å²) < 4.78 is 6.07. The van der Waals surface area contributed by atoms with Crippen LogP contribution >= 0.6 is 15.9 Å². The molecule has 0 aliphatic rings. The van der Waals surface area contributed by atoms with Gasteiger partial charge in [-0.15, -0.1) is 0 Å². The van der Waals surface area contributed by atoms with Gasteiger partial charge in [-0.1, -0.05) is 58.3 Å². The van der Waals surface area contributed by atoms with Crippen molar-refractivity contribution < 1.29 is 9.32 Å². The molecule has 3 aromatic rings. The first-order valence-corrected chi connectivity index (χ1v) is 9.76. The zero-order chi connectivity index (χ0) is 19.2. The number of carbonyl (C=O) groups is 1. The van der Waals surface area contributed by atoms with Crippen molar-refractivity contribution in [3.63, 3.8) is 0 Å². The van der Waals surface area contributed by atoms with Crippen LogP contribution in [0.5, 0.6) is 0 Å². The Hall–Kier alpha value is -2.47. The Morgan fingerprint density at radius 3 is 2.59 bits per heavy atom. The van der Waals surface area contributed by atoms with Gasteiger partial charge in [-0.3, -0.25) is 4.79 Å². The average Bonchev–Trinajstić information content (AvgIpc) is 3.10. The van der Waals surface area contributed by atoms with E-state index in [1.165, 1.54) is 0 Å². The second kappa shape index (κ2) is 8.95. The molecule has 0 fully saturated rings. The molecule has 0 aliphatic carbocycles. The van der Waals surface area contributed by atoms with Crippen molar-refractivity contribution in [1.82, 2.24) is 15.0 Å². The highest BCUT2D eigenvalue weighted by Gasteiger charge is 2.15. The Kier molecular flexibility index (Phi) is 6.40. The minimum absolute atomic E-state index is 0.125. The monoisotopic (exact) mass is 427 g/mol. The lowest BCUT2D eigenvalue weighted by atomic mass is 10.1. The maximum Gasteiger partial charge on any atom is 0.227 e. The van der Waals surface area contributed by atoms with E-state index in [1.54, 1.807) is 6.92 Å². The normalized spacial score (nSPS) is 10.8. The van der Waals surface area contributed by atoms with E-state index >= 15 is 0 Å². The molecule has 6 heteroatoms. The fourth-order valence-corrected chi connectivity index (χ4v) is 3.16. The summed E-state index contributed by atoms with van der Waals surface area (Å²) in [5.41, 5.74) is 2.95. The molecule has 0 saturated heterocycles. The van der Waals surface area contributed by atoms with E-state index in [-0.39, 0.29) is 5.91 Å². The van der Waals surface area contributed by atoms with E-state index in [0.29, 0.717) is 24.7 Å². The van der Waals surface area contributed by atoms with Crippen molar-refractivity contribution in [3.8, 4) is 11.4 Å². The minimum atomic E-state index is 0.125. The largest absolute Gasteiger partial charge is 0.339 e. The van der Waals surface area contributed by atoms with Crippen LogP contribution in [0.15, 0.2) is 57.5 Å². The number of rotatable bonds is 7. The summed E-state index contributed by atoms with van der Waals surface area (Å²) in [6, 6.07) is 15.8. The molecule has 0 saturated carbocycles. The quantitative estimate of drug-likeness (QED) is 0.543. The number of halogens is 1. The molecule has 1 amide bonds. The third-order valence-electron chi connectivity index (χ3n) is 4.20. The predicted molar refractivity (Wildman–Crippen MR) is 108 cm³/mol. The highest BCUT2D eigenvalue weighted by atomic mass is 79.9. The van der Waals surface area contributed by atoms with E-state index in [4.69, 9.17) is 4.52 Å². The topological polar surface area (TPSA) is 59.2 Å². The van der Waals surface area contributed by atoms with Gasteiger partial charge >= 0.3 is 0 Å². The zero-order valence-corrected chi connectivity index (χ0v) is 17.1. The summed E-state index contributed by atoms with van der Waals surface area (Å²) >= 11 is 3.42. The van der Waals surface area contributed by atoms with Gasteiger partial charge in [0, 0.05) is 30.0 Å². The molecule has 0 unspecified atom stereocenters. The van der Waals surface area contributed by atoms with Crippen LogP contribution in [0.25, 0.3) is 11.4 Å². The molecule has 1 heterocycles. The molecule has 27 heavy (non-hydrogen) atoms. The summed E-state index contributed by atoms with van der Waals surface area (Å²) in [6.45, 7) is 5.14. The first kappa shape index (κ1) is 19.3. The lowest BCUT2D eigenvalue weighted by Gasteiger charge is -2.22. The molecule has 1 aromatic heterocycles. The summed E-state index contributed by atoms with van der Waals surface area (Å²) in [5.74, 6) is 1.23. The molecule has 0 N–H and O–H groups in total. The molecule has 0 aliphatic heterocycles. The second-order valence-electron chi connectivity index (χ2n) is 6.46. The van der Waals surface area contributed by atoms with Crippen molar-refractivity contribution in [2.45, 2.75) is 33.2 Å². The van der Waals surface area contributed by atoms with Gasteiger partial charge in [0.25, 0.3) is 0 Å². The summed E-state index contributed by atoms with van der Waals surface area (Å²) in [6.07, 6.45) is 1.31. The summed E-state index contributed by atoms with van der Waals surface area (Å²) in [4.78, 5) is 19.0. The third kappa shape index (κ3) is 5.26. The Morgan fingerprint density at radius 1 is 1.15 bits per heavy atom. The number of nitrogens with zero attached hydrogens (tertiary/aromatic N) is 3. The highest BCUT2D eigenvalue weighted by Crippen LogP contribution is 2.19. The Labute approximate surface area is 167 Å². The molecular weight excluding hydrogens is 406 g/mol. The van der Waals surface area contributed by atoms with Crippen molar-refractivity contribution >= 4 is 21.8 Å². The molecule has 0 bridgehead atoms. The van der Waals surface area contributed by atoms with Gasteiger partial charge in [-0.2, -0.15) is 4.98 Å². The average molecular weight is 428 g/mol. The van der Waals surface area contributed by atoms with Crippen molar-refractivity contribution in [2.75, 3.05) is 6.54 Å². The number of amides is 1. The number of benzene rings is 2.